The average molecular weight is 495 g/mol. The largest absolute Gasteiger partial charge is 0.494 e. The summed E-state index contributed by atoms with van der Waals surface area (Å²) in [4.78, 5) is 12.1. The number of carbonyl (C=O) groups is 1. The van der Waals surface area contributed by atoms with Gasteiger partial charge in [-0.1, -0.05) is 23.2 Å². The normalized spacial score (nSPS) is 11.0. The Kier molecular flexibility index (Phi) is 7.84. The molecule has 3 aromatic carbocycles. The first-order valence-electron chi connectivity index (χ1n) is 9.50. The Morgan fingerprint density at radius 2 is 1.56 bits per heavy atom. The maximum absolute atomic E-state index is 12.6. The summed E-state index contributed by atoms with van der Waals surface area (Å²) in [5.74, 6) is 0.486. The molecule has 10 heteroatoms. The molecule has 0 fully saturated rings. The second-order valence-corrected chi connectivity index (χ2v) is 9.02. The van der Waals surface area contributed by atoms with Crippen LogP contribution < -0.4 is 19.5 Å². The molecule has 168 valence electrons. The zero-order valence-electron chi connectivity index (χ0n) is 17.0. The fraction of sp³-hybridized carbons (Fsp3) is 0.136. The lowest BCUT2D eigenvalue weighted by Crippen LogP contribution is -2.20. The van der Waals surface area contributed by atoms with Crippen molar-refractivity contribution in [3.05, 3.63) is 76.8 Å². The van der Waals surface area contributed by atoms with Crippen molar-refractivity contribution in [3.8, 4) is 11.5 Å². The maximum atomic E-state index is 12.6. The average Bonchev–Trinajstić information content (AvgIpc) is 2.76. The number of anilines is 2. The first kappa shape index (κ1) is 23.7. The van der Waals surface area contributed by atoms with E-state index in [2.05, 4.69) is 10.0 Å². The van der Waals surface area contributed by atoms with Crippen molar-refractivity contribution in [3.63, 3.8) is 0 Å². The summed E-state index contributed by atoms with van der Waals surface area (Å²) in [5.41, 5.74) is 0.944. The van der Waals surface area contributed by atoms with Crippen LogP contribution in [0.2, 0.25) is 10.0 Å². The monoisotopic (exact) mass is 494 g/mol. The number of hydrogen-bond donors (Lipinski definition) is 2. The molecule has 0 aliphatic rings. The summed E-state index contributed by atoms with van der Waals surface area (Å²) >= 11 is 12.0. The Morgan fingerprint density at radius 3 is 2.19 bits per heavy atom. The van der Waals surface area contributed by atoms with E-state index in [1.807, 2.05) is 6.92 Å². The van der Waals surface area contributed by atoms with Gasteiger partial charge in [0.1, 0.15) is 11.5 Å². The topological polar surface area (TPSA) is 93.7 Å². The van der Waals surface area contributed by atoms with Gasteiger partial charge in [-0.25, -0.2) is 8.42 Å². The van der Waals surface area contributed by atoms with Crippen molar-refractivity contribution in [1.29, 1.82) is 0 Å². The Balaban J connectivity index is 1.59. The number of halogens is 2. The lowest BCUT2D eigenvalue weighted by Gasteiger charge is -2.12. The number of benzene rings is 3. The number of hydrogen-bond acceptors (Lipinski definition) is 5. The van der Waals surface area contributed by atoms with Crippen molar-refractivity contribution >= 4 is 50.5 Å². The molecule has 0 aliphatic heterocycles. The summed E-state index contributed by atoms with van der Waals surface area (Å²) in [6.45, 7) is 2.13. The number of sulfonamides is 1. The van der Waals surface area contributed by atoms with Crippen molar-refractivity contribution in [1.82, 2.24) is 0 Å². The minimum atomic E-state index is -3.87. The van der Waals surface area contributed by atoms with Crippen LogP contribution in [0.25, 0.3) is 0 Å². The highest BCUT2D eigenvalue weighted by Gasteiger charge is 2.17. The summed E-state index contributed by atoms with van der Waals surface area (Å²) in [6, 6.07) is 17.1. The van der Waals surface area contributed by atoms with Gasteiger partial charge in [-0.15, -0.1) is 0 Å². The molecule has 0 aromatic heterocycles. The Bertz CT molecular complexity index is 1180. The first-order valence-corrected chi connectivity index (χ1v) is 11.7. The second kappa shape index (κ2) is 10.6. The quantitative estimate of drug-likeness (QED) is 0.425. The summed E-state index contributed by atoms with van der Waals surface area (Å²) in [6.07, 6.45) is 0. The number of nitrogens with one attached hydrogen (secondary N) is 2. The van der Waals surface area contributed by atoms with Gasteiger partial charge in [0.05, 0.1) is 16.5 Å². The highest BCUT2D eigenvalue weighted by molar-refractivity contribution is 7.92. The van der Waals surface area contributed by atoms with Gasteiger partial charge in [-0.3, -0.25) is 9.52 Å². The molecular weight excluding hydrogens is 475 g/mol. The second-order valence-electron chi connectivity index (χ2n) is 6.50. The van der Waals surface area contributed by atoms with E-state index >= 15 is 0 Å². The highest BCUT2D eigenvalue weighted by Crippen LogP contribution is 2.28. The van der Waals surface area contributed by atoms with Gasteiger partial charge < -0.3 is 14.8 Å². The molecule has 0 aliphatic carbocycles. The maximum Gasteiger partial charge on any atom is 0.262 e. The van der Waals surface area contributed by atoms with Crippen LogP contribution in [-0.4, -0.2) is 27.5 Å². The third kappa shape index (κ3) is 6.53. The number of amides is 1. The summed E-state index contributed by atoms with van der Waals surface area (Å²) in [7, 11) is -3.87. The van der Waals surface area contributed by atoms with Crippen molar-refractivity contribution in [2.75, 3.05) is 23.3 Å². The van der Waals surface area contributed by atoms with Gasteiger partial charge >= 0.3 is 0 Å². The Labute approximate surface area is 196 Å². The number of ether oxygens (including phenoxy) is 2. The van der Waals surface area contributed by atoms with Gasteiger partial charge in [0.15, 0.2) is 6.61 Å². The molecule has 0 spiro atoms. The molecule has 0 atom stereocenters. The Morgan fingerprint density at radius 1 is 0.906 bits per heavy atom. The summed E-state index contributed by atoms with van der Waals surface area (Å²) in [5, 5.41) is 3.23. The van der Waals surface area contributed by atoms with Crippen LogP contribution >= 0.6 is 23.2 Å². The van der Waals surface area contributed by atoms with E-state index < -0.39 is 15.9 Å². The Hall–Kier alpha value is -2.94. The molecule has 3 rings (SSSR count). The number of carbonyl (C=O) groups excluding carboxylic acids is 1. The van der Waals surface area contributed by atoms with Gasteiger partial charge in [-0.05, 0) is 73.7 Å². The first-order chi connectivity index (χ1) is 15.3. The molecule has 32 heavy (non-hydrogen) atoms. The standard InChI is InChI=1S/C22H20Cl2N2O5S/c1-2-30-18-9-7-16(8-10-18)25-22(27)14-31-21-12-11-19(13-20(21)24)32(28,29)26-17-5-3-15(23)4-6-17/h3-13,26H,2,14H2,1H3,(H,25,27). The predicted octanol–water partition coefficient (Wildman–Crippen LogP) is 5.21. The third-order valence-corrected chi connectivity index (χ3v) is 6.04. The lowest BCUT2D eigenvalue weighted by atomic mass is 10.3. The van der Waals surface area contributed by atoms with Gasteiger partial charge in [0.2, 0.25) is 0 Å². The fourth-order valence-electron chi connectivity index (χ4n) is 2.64. The van der Waals surface area contributed by atoms with E-state index in [1.165, 1.54) is 18.2 Å². The van der Waals surface area contributed by atoms with Crippen molar-refractivity contribution in [2.24, 2.45) is 0 Å². The van der Waals surface area contributed by atoms with Gasteiger partial charge in [0, 0.05) is 16.4 Å². The van der Waals surface area contributed by atoms with Crippen LogP contribution in [0.5, 0.6) is 11.5 Å². The van der Waals surface area contributed by atoms with Crippen LogP contribution in [0.15, 0.2) is 71.6 Å². The minimum Gasteiger partial charge on any atom is -0.494 e. The molecule has 0 bridgehead atoms. The molecule has 1 amide bonds. The van der Waals surface area contributed by atoms with Crippen LogP contribution in [0.3, 0.4) is 0 Å². The predicted molar refractivity (Wildman–Crippen MR) is 125 cm³/mol. The molecule has 0 unspecified atom stereocenters. The number of rotatable bonds is 9. The van der Waals surface area contributed by atoms with Crippen LogP contribution in [0.1, 0.15) is 6.92 Å². The van der Waals surface area contributed by atoms with E-state index in [1.54, 1.807) is 48.5 Å². The third-order valence-electron chi connectivity index (χ3n) is 4.12. The zero-order chi connectivity index (χ0) is 23.1. The molecule has 0 saturated heterocycles. The van der Waals surface area contributed by atoms with Crippen molar-refractivity contribution < 1.29 is 22.7 Å². The van der Waals surface area contributed by atoms with Gasteiger partial charge in [-0.2, -0.15) is 0 Å². The van der Waals surface area contributed by atoms with Crippen molar-refractivity contribution in [2.45, 2.75) is 11.8 Å². The molecule has 7 nitrogen and oxygen atoms in total. The van der Waals surface area contributed by atoms with Crippen LogP contribution in [0.4, 0.5) is 11.4 Å². The molecule has 3 aromatic rings. The van der Waals surface area contributed by atoms with E-state index in [4.69, 9.17) is 32.7 Å². The fourth-order valence-corrected chi connectivity index (χ4v) is 4.15. The van der Waals surface area contributed by atoms with Crippen LogP contribution in [0, 0.1) is 0 Å². The van der Waals surface area contributed by atoms with E-state index in [-0.39, 0.29) is 22.3 Å². The lowest BCUT2D eigenvalue weighted by molar-refractivity contribution is -0.118. The summed E-state index contributed by atoms with van der Waals surface area (Å²) < 4.78 is 38.4. The minimum absolute atomic E-state index is 0.0522. The SMILES string of the molecule is CCOc1ccc(NC(=O)COc2ccc(S(=O)(=O)Nc3ccc(Cl)cc3)cc2Cl)cc1. The molecule has 0 radical (unpaired) electrons. The van der Waals surface area contributed by atoms with Gasteiger partial charge in [0.25, 0.3) is 15.9 Å². The molecular formula is C22H20Cl2N2O5S. The highest BCUT2D eigenvalue weighted by atomic mass is 35.5. The molecule has 0 saturated carbocycles. The smallest absolute Gasteiger partial charge is 0.262 e. The molecule has 2 N–H and O–H groups in total. The van der Waals surface area contributed by atoms with E-state index in [9.17, 15) is 13.2 Å². The molecule has 0 heterocycles. The van der Waals surface area contributed by atoms with E-state index in [0.717, 1.165) is 0 Å². The van der Waals surface area contributed by atoms with Crippen LogP contribution in [-0.2, 0) is 14.8 Å². The van der Waals surface area contributed by atoms with E-state index in [0.29, 0.717) is 28.8 Å². The zero-order valence-corrected chi connectivity index (χ0v) is 19.3.